The number of hydrogen-bond acceptors (Lipinski definition) is 9. The first-order valence-electron chi connectivity index (χ1n) is 13.3. The van der Waals surface area contributed by atoms with Crippen LogP contribution in [-0.2, 0) is 33.2 Å². The van der Waals surface area contributed by atoms with Gasteiger partial charge in [-0.1, -0.05) is 26.2 Å². The number of fused-ring (bicyclic) bond motifs is 2. The lowest BCUT2D eigenvalue weighted by Crippen LogP contribution is -2.53. The summed E-state index contributed by atoms with van der Waals surface area (Å²) in [6, 6.07) is -1.82. The first-order chi connectivity index (χ1) is 17.4. The van der Waals surface area contributed by atoms with Crippen molar-refractivity contribution < 1.29 is 36.0 Å². The fraction of sp³-hybridized carbons (Fsp3) is 0.875. The number of carbonyl (C=O) groups is 3. The molecule has 3 heterocycles. The number of urea groups is 1. The second-order valence-electron chi connectivity index (χ2n) is 10.9. The van der Waals surface area contributed by atoms with Gasteiger partial charge in [-0.2, -0.15) is 13.5 Å². The van der Waals surface area contributed by atoms with Crippen LogP contribution < -0.4 is 5.32 Å². The van der Waals surface area contributed by atoms with E-state index in [0.717, 1.165) is 56.7 Å². The minimum absolute atomic E-state index is 0.0617. The molecular formula is C24H42N4O8S. The third-order valence-corrected chi connectivity index (χ3v) is 7.96. The number of hydroxylamine groups is 2. The maximum Gasteiger partial charge on any atom is 0.421 e. The molecule has 13 heteroatoms. The van der Waals surface area contributed by atoms with Gasteiger partial charge in [-0.3, -0.25) is 9.59 Å². The molecule has 0 spiro atoms. The van der Waals surface area contributed by atoms with Crippen LogP contribution in [-0.4, -0.2) is 99.2 Å². The Kier molecular flexibility index (Phi) is 10.2. The third kappa shape index (κ3) is 8.01. The maximum atomic E-state index is 13.0. The minimum Gasteiger partial charge on any atom is -0.465 e. The molecule has 3 aliphatic heterocycles. The fourth-order valence-corrected chi connectivity index (χ4v) is 5.60. The molecule has 3 aliphatic rings. The van der Waals surface area contributed by atoms with Gasteiger partial charge in [0.2, 0.25) is 5.91 Å². The van der Waals surface area contributed by atoms with Gasteiger partial charge in [-0.05, 0) is 66.1 Å². The van der Waals surface area contributed by atoms with Gasteiger partial charge in [-0.25, -0.2) is 8.98 Å². The number of nitrogens with one attached hydrogen (secondary N) is 1. The predicted octanol–water partition coefficient (Wildman–Crippen LogP) is 1.81. The van der Waals surface area contributed by atoms with E-state index in [1.54, 1.807) is 0 Å². The van der Waals surface area contributed by atoms with Crippen molar-refractivity contribution in [3.8, 4) is 0 Å². The van der Waals surface area contributed by atoms with Crippen molar-refractivity contribution in [3.05, 3.63) is 0 Å². The van der Waals surface area contributed by atoms with Crippen LogP contribution in [0.3, 0.4) is 0 Å². The summed E-state index contributed by atoms with van der Waals surface area (Å²) in [7, 11) is -2.60. The molecule has 3 amide bonds. The average molecular weight is 547 g/mol. The number of ether oxygens (including phenoxy) is 1. The lowest BCUT2D eigenvalue weighted by Gasteiger charge is -2.33. The summed E-state index contributed by atoms with van der Waals surface area (Å²) in [5, 5.41) is 3.82. The summed E-state index contributed by atoms with van der Waals surface area (Å²) in [6.45, 7) is 6.87. The quantitative estimate of drug-likeness (QED) is 0.271. The van der Waals surface area contributed by atoms with Gasteiger partial charge < -0.3 is 19.9 Å². The molecule has 0 aromatic heterocycles. The normalized spacial score (nSPS) is 23.4. The molecule has 0 aromatic carbocycles. The fourth-order valence-electron chi connectivity index (χ4n) is 4.74. The molecule has 1 N–H and O–H groups in total. The van der Waals surface area contributed by atoms with Crippen LogP contribution in [0.1, 0.15) is 72.1 Å². The first-order valence-corrected chi connectivity index (χ1v) is 14.6. The minimum atomic E-state index is -4.64. The molecule has 0 aromatic rings. The van der Waals surface area contributed by atoms with Crippen molar-refractivity contribution >= 4 is 28.3 Å². The Morgan fingerprint density at radius 2 is 1.78 bits per heavy atom. The second kappa shape index (κ2) is 12.7. The lowest BCUT2D eigenvalue weighted by molar-refractivity contribution is -0.156. The zero-order chi connectivity index (χ0) is 27.2. The van der Waals surface area contributed by atoms with E-state index < -0.39 is 46.5 Å². The zero-order valence-corrected chi connectivity index (χ0v) is 23.3. The molecule has 3 saturated heterocycles. The van der Waals surface area contributed by atoms with Crippen molar-refractivity contribution in [1.29, 1.82) is 0 Å². The van der Waals surface area contributed by atoms with Crippen LogP contribution in [0.25, 0.3) is 0 Å². The van der Waals surface area contributed by atoms with Crippen LogP contribution in [0.4, 0.5) is 4.79 Å². The lowest BCUT2D eigenvalue weighted by atomic mass is 9.95. The molecule has 12 nitrogen and oxygen atoms in total. The molecule has 0 saturated carbocycles. The van der Waals surface area contributed by atoms with Crippen molar-refractivity contribution in [2.45, 2.75) is 90.3 Å². The highest BCUT2D eigenvalue weighted by Gasteiger charge is 2.50. The number of unbranched alkanes of at least 4 members (excludes halogenated alkanes) is 3. The Bertz CT molecular complexity index is 920. The van der Waals surface area contributed by atoms with E-state index in [2.05, 4.69) is 17.1 Å². The van der Waals surface area contributed by atoms with Gasteiger partial charge in [0.1, 0.15) is 6.04 Å². The van der Waals surface area contributed by atoms with E-state index in [1.807, 2.05) is 7.05 Å². The summed E-state index contributed by atoms with van der Waals surface area (Å²) in [5.74, 6) is -0.797. The summed E-state index contributed by atoms with van der Waals surface area (Å²) in [5.41, 5.74) is -1.23. The van der Waals surface area contributed by atoms with Crippen molar-refractivity contribution in [1.82, 2.24) is 20.2 Å². The van der Waals surface area contributed by atoms with Crippen LogP contribution >= 0.6 is 0 Å². The topological polar surface area (TPSA) is 135 Å². The van der Waals surface area contributed by atoms with E-state index in [-0.39, 0.29) is 25.1 Å². The van der Waals surface area contributed by atoms with Gasteiger partial charge in [0.25, 0.3) is 0 Å². The van der Waals surface area contributed by atoms with Crippen molar-refractivity contribution in [2.24, 2.45) is 5.41 Å². The third-order valence-electron chi connectivity index (χ3n) is 7.21. The largest absolute Gasteiger partial charge is 0.465 e. The molecule has 0 aliphatic carbocycles. The number of esters is 1. The number of carbonyl (C=O) groups excluding carboxylic acids is 3. The number of hydrogen-bond donors (Lipinski definition) is 1. The standard InChI is InChI=1S/C24H42N4O8S/c1-5-6-7-8-15-34-22(30)24(2,3)17-35-37(32,33)36-28-19-9-10-20(27(16-19)23(28)31)21(29)25-18-11-13-26(4)14-12-18/h18-20H,5-17H2,1-4H3,(H,25,29)/t19-,20+/m1/s1. The number of rotatable bonds is 13. The molecule has 212 valence electrons. The average Bonchev–Trinajstić information content (AvgIpc) is 3.08. The molecule has 3 rings (SSSR count). The van der Waals surface area contributed by atoms with Crippen LogP contribution in [0.5, 0.6) is 0 Å². The summed E-state index contributed by atoms with van der Waals surface area (Å²) in [4.78, 5) is 41.8. The Hall–Kier alpha value is -1.96. The molecule has 2 bridgehead atoms. The Morgan fingerprint density at radius 1 is 1.08 bits per heavy atom. The van der Waals surface area contributed by atoms with E-state index >= 15 is 0 Å². The summed E-state index contributed by atoms with van der Waals surface area (Å²) in [6.07, 6.45) is 6.33. The van der Waals surface area contributed by atoms with Gasteiger partial charge in [0, 0.05) is 12.6 Å². The monoisotopic (exact) mass is 546 g/mol. The van der Waals surface area contributed by atoms with E-state index in [1.165, 1.54) is 18.7 Å². The molecule has 37 heavy (non-hydrogen) atoms. The van der Waals surface area contributed by atoms with Gasteiger partial charge >= 0.3 is 22.4 Å². The molecule has 0 radical (unpaired) electrons. The number of amides is 3. The number of likely N-dealkylation sites (tertiary alicyclic amines) is 1. The predicted molar refractivity (Wildman–Crippen MR) is 134 cm³/mol. The van der Waals surface area contributed by atoms with E-state index in [4.69, 9.17) is 13.2 Å². The molecule has 3 fully saturated rings. The smallest absolute Gasteiger partial charge is 0.421 e. The molecule has 0 unspecified atom stereocenters. The zero-order valence-electron chi connectivity index (χ0n) is 22.4. The van der Waals surface area contributed by atoms with Gasteiger partial charge in [-0.15, -0.1) is 4.28 Å². The van der Waals surface area contributed by atoms with E-state index in [9.17, 15) is 22.8 Å². The van der Waals surface area contributed by atoms with E-state index in [0.29, 0.717) is 12.8 Å². The van der Waals surface area contributed by atoms with Crippen LogP contribution in [0.15, 0.2) is 0 Å². The van der Waals surface area contributed by atoms with Crippen molar-refractivity contribution in [2.75, 3.05) is 39.9 Å². The SMILES string of the molecule is CCCCCCOC(=O)C(C)(C)COS(=O)(=O)ON1C(=O)N2C[C@H]1CC[C@H]2C(=O)NC1CCN(C)CC1. The molecule has 2 atom stereocenters. The van der Waals surface area contributed by atoms with Gasteiger partial charge in [0.05, 0.1) is 24.7 Å². The highest BCUT2D eigenvalue weighted by Crippen LogP contribution is 2.31. The van der Waals surface area contributed by atoms with Crippen LogP contribution in [0.2, 0.25) is 0 Å². The number of nitrogens with zero attached hydrogens (tertiary/aromatic N) is 3. The first kappa shape index (κ1) is 29.6. The van der Waals surface area contributed by atoms with Crippen LogP contribution in [0, 0.1) is 5.41 Å². The Morgan fingerprint density at radius 3 is 2.46 bits per heavy atom. The Labute approximate surface area is 220 Å². The second-order valence-corrected chi connectivity index (χ2v) is 12.1. The van der Waals surface area contributed by atoms with Gasteiger partial charge in [0.15, 0.2) is 0 Å². The highest BCUT2D eigenvalue weighted by molar-refractivity contribution is 7.81. The molecular weight excluding hydrogens is 504 g/mol. The summed E-state index contributed by atoms with van der Waals surface area (Å²) < 4.78 is 40.3. The summed E-state index contributed by atoms with van der Waals surface area (Å²) >= 11 is 0. The maximum absolute atomic E-state index is 13.0. The Balaban J connectivity index is 1.49. The van der Waals surface area contributed by atoms with Crippen molar-refractivity contribution in [3.63, 3.8) is 0 Å². The highest BCUT2D eigenvalue weighted by atomic mass is 32.3. The number of piperidine rings is 2.